The number of nitrogens with one attached hydrogen (secondary N) is 2. The first kappa shape index (κ1) is 21.4. The number of anilines is 1. The lowest BCUT2D eigenvalue weighted by Crippen LogP contribution is -2.33. The minimum atomic E-state index is -3.82. The van der Waals surface area contributed by atoms with Crippen molar-refractivity contribution in [3.05, 3.63) is 95.1 Å². The molecule has 0 radical (unpaired) electrons. The Morgan fingerprint density at radius 1 is 0.833 bits per heavy atom. The molecule has 0 heterocycles. The molecule has 3 aromatic rings. The van der Waals surface area contributed by atoms with Crippen molar-refractivity contribution in [3.8, 4) is 0 Å². The van der Waals surface area contributed by atoms with E-state index in [9.17, 15) is 18.0 Å². The zero-order valence-electron chi connectivity index (χ0n) is 16.7. The summed E-state index contributed by atoms with van der Waals surface area (Å²) in [4.78, 5) is 25.3. The Morgan fingerprint density at radius 3 is 2.13 bits per heavy atom. The van der Waals surface area contributed by atoms with Crippen molar-refractivity contribution in [2.75, 3.05) is 11.9 Å². The molecule has 3 rings (SSSR count). The standard InChI is InChI=1S/C23H22N2O4S/c1-16-8-11-19(12-9-16)30(28,29)24-15-22(26)25-21-14-17(2)10-13-20(21)23(27)18-6-4-3-5-7-18/h3-14,24H,15H2,1-2H3,(H,25,26). The van der Waals surface area contributed by atoms with Gasteiger partial charge >= 0.3 is 0 Å². The van der Waals surface area contributed by atoms with Crippen LogP contribution in [0.1, 0.15) is 27.0 Å². The van der Waals surface area contributed by atoms with Crippen molar-refractivity contribution in [2.45, 2.75) is 18.7 Å². The van der Waals surface area contributed by atoms with Gasteiger partial charge in [0.2, 0.25) is 15.9 Å². The van der Waals surface area contributed by atoms with E-state index < -0.39 is 22.5 Å². The van der Waals surface area contributed by atoms with Crippen LogP contribution in [-0.2, 0) is 14.8 Å². The Balaban J connectivity index is 1.74. The molecule has 3 aromatic carbocycles. The van der Waals surface area contributed by atoms with Crippen LogP contribution in [0.15, 0.2) is 77.7 Å². The van der Waals surface area contributed by atoms with Gasteiger partial charge in [-0.05, 0) is 43.7 Å². The summed E-state index contributed by atoms with van der Waals surface area (Å²) in [5, 5.41) is 2.65. The van der Waals surface area contributed by atoms with Gasteiger partial charge in [0, 0.05) is 11.1 Å². The topological polar surface area (TPSA) is 92.3 Å². The largest absolute Gasteiger partial charge is 0.324 e. The summed E-state index contributed by atoms with van der Waals surface area (Å²) in [7, 11) is -3.82. The molecule has 0 saturated heterocycles. The maximum Gasteiger partial charge on any atom is 0.241 e. The first-order valence-electron chi connectivity index (χ1n) is 9.33. The lowest BCUT2D eigenvalue weighted by molar-refractivity contribution is -0.115. The normalized spacial score (nSPS) is 11.1. The van der Waals surface area contributed by atoms with E-state index in [4.69, 9.17) is 0 Å². The fraction of sp³-hybridized carbons (Fsp3) is 0.130. The Hall–Kier alpha value is -3.29. The molecule has 0 atom stereocenters. The number of rotatable bonds is 7. The van der Waals surface area contributed by atoms with E-state index in [2.05, 4.69) is 10.0 Å². The minimum absolute atomic E-state index is 0.0800. The molecule has 0 fully saturated rings. The summed E-state index contributed by atoms with van der Waals surface area (Å²) in [6.07, 6.45) is 0. The molecule has 0 aliphatic carbocycles. The lowest BCUT2D eigenvalue weighted by Gasteiger charge is -2.12. The fourth-order valence-electron chi connectivity index (χ4n) is 2.86. The van der Waals surface area contributed by atoms with E-state index in [1.165, 1.54) is 12.1 Å². The molecular weight excluding hydrogens is 400 g/mol. The van der Waals surface area contributed by atoms with E-state index >= 15 is 0 Å². The maximum atomic E-state index is 12.8. The second-order valence-electron chi connectivity index (χ2n) is 6.93. The molecule has 1 amide bonds. The van der Waals surface area contributed by atoms with Crippen LogP contribution in [0.5, 0.6) is 0 Å². The minimum Gasteiger partial charge on any atom is -0.324 e. The molecule has 2 N–H and O–H groups in total. The molecule has 0 aliphatic heterocycles. The third-order valence-corrected chi connectivity index (χ3v) is 5.90. The molecule has 0 aromatic heterocycles. The van der Waals surface area contributed by atoms with Gasteiger partial charge in [0.1, 0.15) is 0 Å². The first-order valence-corrected chi connectivity index (χ1v) is 10.8. The number of benzene rings is 3. The summed E-state index contributed by atoms with van der Waals surface area (Å²) in [6.45, 7) is 3.24. The Labute approximate surface area is 176 Å². The quantitative estimate of drug-likeness (QED) is 0.571. The van der Waals surface area contributed by atoms with Gasteiger partial charge < -0.3 is 5.32 Å². The van der Waals surface area contributed by atoms with Gasteiger partial charge in [-0.1, -0.05) is 54.1 Å². The molecule has 0 saturated carbocycles. The highest BCUT2D eigenvalue weighted by molar-refractivity contribution is 7.89. The zero-order valence-corrected chi connectivity index (χ0v) is 17.5. The van der Waals surface area contributed by atoms with E-state index in [0.29, 0.717) is 16.8 Å². The summed E-state index contributed by atoms with van der Waals surface area (Å²) in [5.74, 6) is -0.801. The number of amides is 1. The number of hydrogen-bond acceptors (Lipinski definition) is 4. The van der Waals surface area contributed by atoms with Gasteiger partial charge in [-0.2, -0.15) is 0 Å². The van der Waals surface area contributed by atoms with Crippen molar-refractivity contribution in [1.82, 2.24) is 4.72 Å². The van der Waals surface area contributed by atoms with E-state index in [1.807, 2.05) is 19.9 Å². The Morgan fingerprint density at radius 2 is 1.47 bits per heavy atom. The van der Waals surface area contributed by atoms with E-state index in [0.717, 1.165) is 11.1 Å². The van der Waals surface area contributed by atoms with Gasteiger partial charge in [-0.25, -0.2) is 13.1 Å². The summed E-state index contributed by atoms with van der Waals surface area (Å²) >= 11 is 0. The third-order valence-electron chi connectivity index (χ3n) is 4.48. The van der Waals surface area contributed by atoms with Crippen molar-refractivity contribution in [1.29, 1.82) is 0 Å². The molecule has 0 unspecified atom stereocenters. The van der Waals surface area contributed by atoms with E-state index in [-0.39, 0.29) is 10.7 Å². The third kappa shape index (κ3) is 5.20. The molecule has 7 heteroatoms. The molecule has 0 aliphatic rings. The number of hydrogen-bond donors (Lipinski definition) is 2. The van der Waals surface area contributed by atoms with Crippen LogP contribution < -0.4 is 10.0 Å². The van der Waals surface area contributed by atoms with Crippen LogP contribution in [0.2, 0.25) is 0 Å². The predicted octanol–water partition coefficient (Wildman–Crippen LogP) is 3.45. The van der Waals surface area contributed by atoms with Crippen LogP contribution >= 0.6 is 0 Å². The zero-order chi connectivity index (χ0) is 21.7. The Bertz CT molecular complexity index is 1170. The highest BCUT2D eigenvalue weighted by Gasteiger charge is 2.18. The second kappa shape index (κ2) is 9.02. The van der Waals surface area contributed by atoms with Crippen molar-refractivity contribution >= 4 is 27.4 Å². The van der Waals surface area contributed by atoms with Crippen molar-refractivity contribution in [3.63, 3.8) is 0 Å². The lowest BCUT2D eigenvalue weighted by atomic mass is 10.00. The second-order valence-corrected chi connectivity index (χ2v) is 8.70. The SMILES string of the molecule is Cc1ccc(S(=O)(=O)NCC(=O)Nc2cc(C)ccc2C(=O)c2ccccc2)cc1. The first-order chi connectivity index (χ1) is 14.3. The summed E-state index contributed by atoms with van der Waals surface area (Å²) in [5.41, 5.74) is 2.96. The molecule has 0 spiro atoms. The number of aryl methyl sites for hydroxylation is 2. The highest BCUT2D eigenvalue weighted by Crippen LogP contribution is 2.21. The molecular formula is C23H22N2O4S. The number of carbonyl (C=O) groups excluding carboxylic acids is 2. The van der Waals surface area contributed by atoms with Gasteiger partial charge in [0.15, 0.2) is 5.78 Å². The molecule has 30 heavy (non-hydrogen) atoms. The van der Waals surface area contributed by atoms with Gasteiger partial charge in [-0.15, -0.1) is 0 Å². The average Bonchev–Trinajstić information content (AvgIpc) is 2.73. The number of carbonyl (C=O) groups is 2. The van der Waals surface area contributed by atoms with Gasteiger partial charge in [0.05, 0.1) is 17.1 Å². The molecule has 0 bridgehead atoms. The van der Waals surface area contributed by atoms with Crippen LogP contribution in [0.3, 0.4) is 0 Å². The predicted molar refractivity (Wildman–Crippen MR) is 116 cm³/mol. The molecule has 6 nitrogen and oxygen atoms in total. The Kier molecular flexibility index (Phi) is 6.44. The average molecular weight is 423 g/mol. The van der Waals surface area contributed by atoms with Gasteiger partial charge in [-0.3, -0.25) is 9.59 Å². The van der Waals surface area contributed by atoms with Crippen molar-refractivity contribution < 1.29 is 18.0 Å². The maximum absolute atomic E-state index is 12.8. The molecule has 154 valence electrons. The van der Waals surface area contributed by atoms with Crippen LogP contribution in [0.4, 0.5) is 5.69 Å². The number of ketones is 1. The number of sulfonamides is 1. The van der Waals surface area contributed by atoms with Crippen molar-refractivity contribution in [2.24, 2.45) is 0 Å². The smallest absolute Gasteiger partial charge is 0.241 e. The van der Waals surface area contributed by atoms with Crippen LogP contribution in [0, 0.1) is 13.8 Å². The fourth-order valence-corrected chi connectivity index (χ4v) is 3.84. The van der Waals surface area contributed by atoms with Crippen LogP contribution in [0.25, 0.3) is 0 Å². The highest BCUT2D eigenvalue weighted by atomic mass is 32.2. The van der Waals surface area contributed by atoms with E-state index in [1.54, 1.807) is 54.6 Å². The summed E-state index contributed by atoms with van der Waals surface area (Å²) in [6, 6.07) is 20.2. The van der Waals surface area contributed by atoms with Gasteiger partial charge in [0.25, 0.3) is 0 Å². The monoisotopic (exact) mass is 422 g/mol. The van der Waals surface area contributed by atoms with Crippen LogP contribution in [-0.4, -0.2) is 26.7 Å². The summed E-state index contributed by atoms with van der Waals surface area (Å²) < 4.78 is 27.0.